The zero-order chi connectivity index (χ0) is 12.5. The molecular weight excluding hydrogens is 234 g/mol. The summed E-state index contributed by atoms with van der Waals surface area (Å²) in [6.07, 6.45) is 4.32. The van der Waals surface area contributed by atoms with Crippen LogP contribution in [0.4, 0.5) is 0 Å². The van der Waals surface area contributed by atoms with Crippen LogP contribution in [0.15, 0.2) is 0 Å². The molecule has 0 aliphatic carbocycles. The normalized spacial score (nSPS) is 21.1. The van der Waals surface area contributed by atoms with E-state index in [2.05, 4.69) is 11.9 Å². The third kappa shape index (κ3) is 2.87. The highest BCUT2D eigenvalue weighted by Gasteiger charge is 2.28. The van der Waals surface area contributed by atoms with Gasteiger partial charge >= 0.3 is 0 Å². The van der Waals surface area contributed by atoms with E-state index in [1.807, 2.05) is 13.8 Å². The Balaban J connectivity index is 2.29. The van der Waals surface area contributed by atoms with E-state index < -0.39 is 5.60 Å². The Hall–Kier alpha value is -0.450. The Kier molecular flexibility index (Phi) is 3.85. The molecule has 1 saturated heterocycles. The Morgan fingerprint density at radius 2 is 2.29 bits per heavy atom. The summed E-state index contributed by atoms with van der Waals surface area (Å²) in [6.45, 7) is 6.64. The summed E-state index contributed by atoms with van der Waals surface area (Å²) in [5.41, 5.74) is 0.259. The van der Waals surface area contributed by atoms with E-state index in [-0.39, 0.29) is 6.10 Å². The SMILES string of the molecule is CCCc1nc(C2CCCO2)sc1C(C)(C)O. The van der Waals surface area contributed by atoms with Gasteiger partial charge in [-0.05, 0) is 33.1 Å². The Labute approximate surface area is 107 Å². The minimum atomic E-state index is -0.793. The van der Waals surface area contributed by atoms with Crippen molar-refractivity contribution in [2.75, 3.05) is 6.61 Å². The summed E-state index contributed by atoms with van der Waals surface area (Å²) < 4.78 is 5.66. The number of ether oxygens (including phenoxy) is 1. The lowest BCUT2D eigenvalue weighted by atomic mass is 10.0. The van der Waals surface area contributed by atoms with Crippen LogP contribution in [-0.4, -0.2) is 16.7 Å². The van der Waals surface area contributed by atoms with Crippen LogP contribution in [0.5, 0.6) is 0 Å². The molecule has 96 valence electrons. The molecule has 0 saturated carbocycles. The summed E-state index contributed by atoms with van der Waals surface area (Å²) in [5, 5.41) is 11.2. The molecule has 0 amide bonds. The van der Waals surface area contributed by atoms with E-state index in [1.54, 1.807) is 11.3 Å². The van der Waals surface area contributed by atoms with E-state index in [1.165, 1.54) is 0 Å². The molecule has 0 aromatic carbocycles. The van der Waals surface area contributed by atoms with E-state index in [0.717, 1.165) is 47.9 Å². The van der Waals surface area contributed by atoms with Gasteiger partial charge in [0.25, 0.3) is 0 Å². The minimum absolute atomic E-state index is 0.159. The maximum atomic E-state index is 10.2. The fraction of sp³-hybridized carbons (Fsp3) is 0.769. The monoisotopic (exact) mass is 255 g/mol. The summed E-state index contributed by atoms with van der Waals surface area (Å²) in [6, 6.07) is 0. The second kappa shape index (κ2) is 5.04. The van der Waals surface area contributed by atoms with Crippen LogP contribution in [0.1, 0.15) is 61.7 Å². The molecule has 2 heterocycles. The molecule has 17 heavy (non-hydrogen) atoms. The van der Waals surface area contributed by atoms with Gasteiger partial charge in [-0.1, -0.05) is 13.3 Å². The Bertz CT molecular complexity index is 375. The molecule has 1 aromatic rings. The zero-order valence-corrected chi connectivity index (χ0v) is 11.6. The predicted molar refractivity (Wildman–Crippen MR) is 69.3 cm³/mol. The van der Waals surface area contributed by atoms with Crippen molar-refractivity contribution in [2.45, 2.75) is 58.2 Å². The van der Waals surface area contributed by atoms with E-state index in [4.69, 9.17) is 4.74 Å². The van der Waals surface area contributed by atoms with Crippen LogP contribution < -0.4 is 0 Å². The van der Waals surface area contributed by atoms with Crippen molar-refractivity contribution in [1.29, 1.82) is 0 Å². The maximum Gasteiger partial charge on any atom is 0.122 e. The third-order valence-corrected chi connectivity index (χ3v) is 4.46. The largest absolute Gasteiger partial charge is 0.385 e. The first-order chi connectivity index (χ1) is 8.02. The molecule has 1 fully saturated rings. The number of aromatic nitrogens is 1. The average molecular weight is 255 g/mol. The van der Waals surface area contributed by atoms with Crippen LogP contribution in [-0.2, 0) is 16.8 Å². The Morgan fingerprint density at radius 1 is 1.53 bits per heavy atom. The number of aliphatic hydroxyl groups is 1. The topological polar surface area (TPSA) is 42.4 Å². The first-order valence-corrected chi connectivity index (χ1v) is 7.18. The van der Waals surface area contributed by atoms with Crippen LogP contribution in [0.2, 0.25) is 0 Å². The Morgan fingerprint density at radius 3 is 2.82 bits per heavy atom. The number of hydrogen-bond acceptors (Lipinski definition) is 4. The molecule has 1 N–H and O–H groups in total. The summed E-state index contributed by atoms with van der Waals surface area (Å²) >= 11 is 1.62. The van der Waals surface area contributed by atoms with Gasteiger partial charge in [-0.15, -0.1) is 11.3 Å². The molecule has 0 spiro atoms. The second-order valence-corrected chi connectivity index (χ2v) is 6.17. The third-order valence-electron chi connectivity index (χ3n) is 2.96. The molecule has 1 aliphatic heterocycles. The van der Waals surface area contributed by atoms with Crippen LogP contribution in [0.25, 0.3) is 0 Å². The van der Waals surface area contributed by atoms with E-state index >= 15 is 0 Å². The van der Waals surface area contributed by atoms with Gasteiger partial charge < -0.3 is 9.84 Å². The van der Waals surface area contributed by atoms with E-state index in [0.29, 0.717) is 0 Å². The van der Waals surface area contributed by atoms with Crippen LogP contribution in [0.3, 0.4) is 0 Å². The summed E-state index contributed by atoms with van der Waals surface area (Å²) in [4.78, 5) is 5.69. The van der Waals surface area contributed by atoms with Crippen molar-refractivity contribution >= 4 is 11.3 Å². The summed E-state index contributed by atoms with van der Waals surface area (Å²) in [7, 11) is 0. The highest BCUT2D eigenvalue weighted by molar-refractivity contribution is 7.12. The van der Waals surface area contributed by atoms with Gasteiger partial charge in [-0.2, -0.15) is 0 Å². The van der Waals surface area contributed by atoms with Crippen molar-refractivity contribution in [2.24, 2.45) is 0 Å². The summed E-state index contributed by atoms with van der Waals surface area (Å²) in [5.74, 6) is 0. The van der Waals surface area contributed by atoms with Crippen LogP contribution in [0, 0.1) is 0 Å². The highest BCUT2D eigenvalue weighted by atomic mass is 32.1. The van der Waals surface area contributed by atoms with Gasteiger partial charge in [0.2, 0.25) is 0 Å². The van der Waals surface area contributed by atoms with Gasteiger partial charge in [0.15, 0.2) is 0 Å². The van der Waals surface area contributed by atoms with Gasteiger partial charge in [-0.3, -0.25) is 0 Å². The second-order valence-electron chi connectivity index (χ2n) is 5.14. The molecule has 0 bridgehead atoms. The van der Waals surface area contributed by atoms with E-state index in [9.17, 15) is 5.11 Å². The molecule has 2 rings (SSSR count). The first-order valence-electron chi connectivity index (χ1n) is 6.36. The lowest BCUT2D eigenvalue weighted by Crippen LogP contribution is -2.15. The van der Waals surface area contributed by atoms with Gasteiger partial charge in [0.05, 0.1) is 16.2 Å². The number of thiazole rings is 1. The lowest BCUT2D eigenvalue weighted by molar-refractivity contribution is 0.0813. The van der Waals surface area contributed by atoms with Crippen molar-refractivity contribution in [1.82, 2.24) is 4.98 Å². The molecule has 3 nitrogen and oxygen atoms in total. The average Bonchev–Trinajstić information content (AvgIpc) is 2.82. The number of nitrogens with zero attached hydrogens (tertiary/aromatic N) is 1. The van der Waals surface area contributed by atoms with Gasteiger partial charge in [0.1, 0.15) is 11.1 Å². The highest BCUT2D eigenvalue weighted by Crippen LogP contribution is 2.37. The molecule has 4 heteroatoms. The van der Waals surface area contributed by atoms with Gasteiger partial charge in [-0.25, -0.2) is 4.98 Å². The van der Waals surface area contributed by atoms with Crippen molar-refractivity contribution in [3.8, 4) is 0 Å². The molecule has 1 aromatic heterocycles. The van der Waals surface area contributed by atoms with Gasteiger partial charge in [0, 0.05) is 6.61 Å². The zero-order valence-electron chi connectivity index (χ0n) is 10.8. The fourth-order valence-corrected chi connectivity index (χ4v) is 3.36. The number of hydrogen-bond donors (Lipinski definition) is 1. The quantitative estimate of drug-likeness (QED) is 0.898. The smallest absolute Gasteiger partial charge is 0.122 e. The molecule has 1 atom stereocenters. The molecule has 0 radical (unpaired) electrons. The standard InChI is InChI=1S/C13H21NO2S/c1-4-6-9-11(13(2,3)15)17-12(14-9)10-7-5-8-16-10/h10,15H,4-8H2,1-3H3. The fourth-order valence-electron chi connectivity index (χ4n) is 2.16. The van der Waals surface area contributed by atoms with Crippen LogP contribution >= 0.6 is 11.3 Å². The van der Waals surface area contributed by atoms with Crippen molar-refractivity contribution in [3.63, 3.8) is 0 Å². The maximum absolute atomic E-state index is 10.2. The lowest BCUT2D eigenvalue weighted by Gasteiger charge is -2.16. The minimum Gasteiger partial charge on any atom is -0.385 e. The molecular formula is C13H21NO2S. The van der Waals surface area contributed by atoms with Crippen molar-refractivity contribution in [3.05, 3.63) is 15.6 Å². The number of aryl methyl sites for hydroxylation is 1. The van der Waals surface area contributed by atoms with Crippen molar-refractivity contribution < 1.29 is 9.84 Å². The first kappa shape index (κ1) is 13.0. The predicted octanol–water partition coefficient (Wildman–Crippen LogP) is 3.17. The number of rotatable bonds is 4. The molecule has 1 unspecified atom stereocenters. The molecule has 1 aliphatic rings.